The van der Waals surface area contributed by atoms with E-state index in [1.807, 2.05) is 26.0 Å². The molecule has 0 aromatic heterocycles. The molecule has 0 saturated carbocycles. The molecule has 2 heteroatoms. The highest BCUT2D eigenvalue weighted by Gasteiger charge is 2.20. The number of aliphatic hydroxyl groups is 1. The van der Waals surface area contributed by atoms with Crippen LogP contribution in [0.3, 0.4) is 0 Å². The minimum atomic E-state index is -1.55. The van der Waals surface area contributed by atoms with Crippen LogP contribution in [0.15, 0.2) is 42.1 Å². The monoisotopic (exact) mass is 221 g/mol. The highest BCUT2D eigenvalue weighted by molar-refractivity contribution is 6.93. The van der Waals surface area contributed by atoms with Gasteiger partial charge in [-0.2, -0.15) is 0 Å². The highest BCUT2D eigenvalue weighted by Crippen LogP contribution is 2.09. The standard InChI is InChI=1S/C13H20OSi/c1-13(2,14)10-11-15(3,4)12-8-6-5-7-9-12/h5-11,14H,1-4H3/b11-10+/i14D. The van der Waals surface area contributed by atoms with E-state index in [1.54, 1.807) is 0 Å². The van der Waals surface area contributed by atoms with Crippen LogP contribution in [0.25, 0.3) is 0 Å². The number of benzene rings is 1. The Morgan fingerprint density at radius 1 is 1.27 bits per heavy atom. The molecule has 0 aliphatic heterocycles. The van der Waals surface area contributed by atoms with Gasteiger partial charge in [0.2, 0.25) is 1.43 Å². The van der Waals surface area contributed by atoms with Gasteiger partial charge in [-0.05, 0) is 13.8 Å². The Bertz CT molecular complexity index is 357. The molecule has 0 unspecified atom stereocenters. The number of hydrogen-bond donors (Lipinski definition) is 1. The maximum absolute atomic E-state index is 6.98. The van der Waals surface area contributed by atoms with Gasteiger partial charge in [0, 0.05) is 0 Å². The molecule has 0 radical (unpaired) electrons. The van der Waals surface area contributed by atoms with Gasteiger partial charge in [-0.25, -0.2) is 0 Å². The van der Waals surface area contributed by atoms with Crippen molar-refractivity contribution in [1.82, 2.24) is 0 Å². The molecule has 0 heterocycles. The molecule has 1 aromatic rings. The molecular weight excluding hydrogens is 200 g/mol. The summed E-state index contributed by atoms with van der Waals surface area (Å²) in [7, 11) is -1.55. The van der Waals surface area contributed by atoms with Gasteiger partial charge in [0.15, 0.2) is 0 Å². The van der Waals surface area contributed by atoms with Crippen molar-refractivity contribution in [1.29, 1.82) is 1.43 Å². The molecule has 0 aliphatic rings. The Morgan fingerprint density at radius 2 is 1.87 bits per heavy atom. The Hall–Kier alpha value is -0.863. The van der Waals surface area contributed by atoms with E-state index in [9.17, 15) is 0 Å². The minimum absolute atomic E-state index is 0.501. The maximum Gasteiger partial charge on any atom is 0.211 e. The third kappa shape index (κ3) is 4.02. The lowest BCUT2D eigenvalue weighted by molar-refractivity contribution is 0.133. The van der Waals surface area contributed by atoms with Crippen LogP contribution in [0, 0.1) is 0 Å². The van der Waals surface area contributed by atoms with Crippen molar-refractivity contribution in [3.63, 3.8) is 0 Å². The predicted molar refractivity (Wildman–Crippen MR) is 69.0 cm³/mol. The maximum atomic E-state index is 6.98. The summed E-state index contributed by atoms with van der Waals surface area (Å²) < 4.78 is 6.98. The van der Waals surface area contributed by atoms with Gasteiger partial charge < -0.3 is 5.11 Å². The Balaban J connectivity index is 2.88. The molecule has 0 aliphatic carbocycles. The zero-order valence-electron chi connectivity index (χ0n) is 10.9. The van der Waals surface area contributed by atoms with E-state index in [-0.39, 0.29) is 0 Å². The molecule has 0 spiro atoms. The number of rotatable bonds is 4. The van der Waals surface area contributed by atoms with Gasteiger partial charge >= 0.3 is 0 Å². The average molecular weight is 221 g/mol. The van der Waals surface area contributed by atoms with E-state index in [0.717, 1.165) is 0 Å². The van der Waals surface area contributed by atoms with Crippen LogP contribution in [0.5, 0.6) is 0 Å². The van der Waals surface area contributed by atoms with Crippen LogP contribution in [0.2, 0.25) is 13.1 Å². The molecule has 0 fully saturated rings. The van der Waals surface area contributed by atoms with Gasteiger partial charge in [-0.1, -0.05) is 60.4 Å². The minimum Gasteiger partial charge on any atom is -0.386 e. The van der Waals surface area contributed by atoms with Gasteiger partial charge in [0.25, 0.3) is 0 Å². The number of hydrogen-bond acceptors (Lipinski definition) is 1. The summed E-state index contributed by atoms with van der Waals surface area (Å²) in [6.45, 7) is 8.37. The van der Waals surface area contributed by atoms with Crippen LogP contribution in [-0.2, 0) is 0 Å². The van der Waals surface area contributed by atoms with Gasteiger partial charge in [-0.15, -0.1) is 0 Å². The fourth-order valence-corrected chi connectivity index (χ4v) is 3.44. The molecule has 1 aromatic carbocycles. The van der Waals surface area contributed by atoms with Crippen LogP contribution in [0.1, 0.15) is 13.8 Å². The summed E-state index contributed by atoms with van der Waals surface area (Å²) in [6.07, 6.45) is 2.00. The Kier molecular flexibility index (Phi) is 3.07. The molecule has 0 saturated heterocycles. The molecule has 1 rings (SSSR count). The van der Waals surface area contributed by atoms with Crippen LogP contribution >= 0.6 is 0 Å². The molecular formula is C13H20OSi. The van der Waals surface area contributed by atoms with Gasteiger partial charge in [-0.3, -0.25) is 0 Å². The van der Waals surface area contributed by atoms with Crippen LogP contribution in [-0.4, -0.2) is 20.2 Å². The first-order valence-electron chi connectivity index (χ1n) is 5.68. The molecule has 82 valence electrons. The van der Waals surface area contributed by atoms with E-state index in [4.69, 9.17) is 1.43 Å². The van der Waals surface area contributed by atoms with Crippen LogP contribution < -0.4 is 5.19 Å². The quantitative estimate of drug-likeness (QED) is 0.774. The van der Waals surface area contributed by atoms with Gasteiger partial charge in [0.1, 0.15) is 8.07 Å². The third-order valence-corrected chi connectivity index (χ3v) is 5.24. The molecule has 1 N–H and O–H groups in total. The lowest BCUT2D eigenvalue weighted by Gasteiger charge is -2.20. The summed E-state index contributed by atoms with van der Waals surface area (Å²) in [5, 5.41) is 6.05. The summed E-state index contributed by atoms with van der Waals surface area (Å²) >= 11 is 0. The zero-order valence-corrected chi connectivity index (χ0v) is 10.9. The Labute approximate surface area is 95.0 Å². The van der Waals surface area contributed by atoms with Crippen molar-refractivity contribution in [3.05, 3.63) is 42.1 Å². The van der Waals surface area contributed by atoms with E-state index in [2.05, 4.69) is 48.2 Å². The molecule has 1 nitrogen and oxygen atoms in total. The zero-order chi connectivity index (χ0) is 12.2. The summed E-state index contributed by atoms with van der Waals surface area (Å²) in [6, 6.07) is 10.5. The predicted octanol–water partition coefficient (Wildman–Crippen LogP) is 2.47. The normalized spacial score (nSPS) is 14.3. The Morgan fingerprint density at radius 3 is 2.40 bits per heavy atom. The second-order valence-electron chi connectivity index (χ2n) is 5.02. The summed E-state index contributed by atoms with van der Waals surface area (Å²) in [5.41, 5.74) is 1.73. The summed E-state index contributed by atoms with van der Waals surface area (Å²) in [4.78, 5) is 0. The lowest BCUT2D eigenvalue weighted by Crippen LogP contribution is -2.40. The smallest absolute Gasteiger partial charge is 0.211 e. The van der Waals surface area contributed by atoms with E-state index >= 15 is 0 Å². The highest BCUT2D eigenvalue weighted by atomic mass is 28.3. The van der Waals surface area contributed by atoms with Crippen molar-refractivity contribution in [2.24, 2.45) is 0 Å². The fourth-order valence-electron chi connectivity index (χ4n) is 1.37. The van der Waals surface area contributed by atoms with Crippen LogP contribution in [0.4, 0.5) is 0 Å². The average Bonchev–Trinajstić information content (AvgIpc) is 2.28. The lowest BCUT2D eigenvalue weighted by atomic mass is 10.1. The van der Waals surface area contributed by atoms with Crippen molar-refractivity contribution >= 4 is 13.3 Å². The van der Waals surface area contributed by atoms with E-state index < -0.39 is 13.7 Å². The second-order valence-corrected chi connectivity index (χ2v) is 9.38. The van der Waals surface area contributed by atoms with Crippen molar-refractivity contribution in [3.8, 4) is 0 Å². The van der Waals surface area contributed by atoms with Gasteiger partial charge in [0.05, 0.1) is 5.60 Å². The molecule has 0 bridgehead atoms. The first-order valence-corrected chi connectivity index (χ1v) is 8.35. The first-order chi connectivity index (χ1) is 7.37. The van der Waals surface area contributed by atoms with Crippen molar-refractivity contribution in [2.75, 3.05) is 0 Å². The third-order valence-electron chi connectivity index (χ3n) is 2.42. The molecule has 0 atom stereocenters. The summed E-state index contributed by atoms with van der Waals surface area (Å²) in [5.74, 6) is 0. The first kappa shape index (κ1) is 10.6. The fraction of sp³-hybridized carbons (Fsp3) is 0.385. The van der Waals surface area contributed by atoms with Crippen molar-refractivity contribution in [2.45, 2.75) is 32.5 Å². The molecule has 0 amide bonds. The SMILES string of the molecule is [2H]OC(C)(C)/C=C/[Si](C)(C)c1ccccc1. The van der Waals surface area contributed by atoms with Crippen molar-refractivity contribution < 1.29 is 5.11 Å². The topological polar surface area (TPSA) is 20.2 Å². The van der Waals surface area contributed by atoms with E-state index in [1.165, 1.54) is 5.19 Å². The van der Waals surface area contributed by atoms with E-state index in [0.29, 0.717) is 0 Å². The molecule has 15 heavy (non-hydrogen) atoms. The second kappa shape index (κ2) is 4.33. The largest absolute Gasteiger partial charge is 0.386 e.